The van der Waals surface area contributed by atoms with Gasteiger partial charge in [-0.3, -0.25) is 0 Å². The molecule has 2 atom stereocenters. The van der Waals surface area contributed by atoms with Crippen LogP contribution in [0.4, 0.5) is 0 Å². The van der Waals surface area contributed by atoms with Crippen LogP contribution in [-0.2, 0) is 4.74 Å². The summed E-state index contributed by atoms with van der Waals surface area (Å²) in [6, 6.07) is 0. The smallest absolute Gasteiger partial charge is 0.154 e. The van der Waals surface area contributed by atoms with Gasteiger partial charge in [-0.2, -0.15) is 0 Å². The van der Waals surface area contributed by atoms with Crippen LogP contribution in [0.15, 0.2) is 0 Å². The van der Waals surface area contributed by atoms with Crippen LogP contribution >= 0.6 is 0 Å². The van der Waals surface area contributed by atoms with E-state index in [0.29, 0.717) is 18.9 Å². The molecule has 13 heavy (non-hydrogen) atoms. The normalized spacial score (nSPS) is 15.7. The average molecular weight is 188 g/mol. The fourth-order valence-corrected chi connectivity index (χ4v) is 1.26. The molecule has 0 aromatic rings. The summed E-state index contributed by atoms with van der Waals surface area (Å²) in [6.07, 6.45) is 5.01. The van der Waals surface area contributed by atoms with E-state index < -0.39 is 6.29 Å². The van der Waals surface area contributed by atoms with Gasteiger partial charge in [0, 0.05) is 0 Å². The van der Waals surface area contributed by atoms with Gasteiger partial charge >= 0.3 is 0 Å². The van der Waals surface area contributed by atoms with Crippen molar-refractivity contribution in [2.24, 2.45) is 5.92 Å². The van der Waals surface area contributed by atoms with Gasteiger partial charge in [-0.1, -0.05) is 40.0 Å². The highest BCUT2D eigenvalue weighted by Crippen LogP contribution is 2.13. The predicted octanol–water partition coefficient (Wildman–Crippen LogP) is 2.95. The van der Waals surface area contributed by atoms with Crippen molar-refractivity contribution in [2.75, 3.05) is 6.61 Å². The second-order valence-electron chi connectivity index (χ2n) is 3.61. The Balaban J connectivity index is 3.46. The molecule has 0 amide bonds. The lowest BCUT2D eigenvalue weighted by atomic mass is 10.0. The summed E-state index contributed by atoms with van der Waals surface area (Å²) in [5.74, 6) is 0.626. The van der Waals surface area contributed by atoms with Gasteiger partial charge in [-0.05, 0) is 18.8 Å². The maximum absolute atomic E-state index is 9.21. The Bertz CT molecular complexity index is 104. The van der Waals surface area contributed by atoms with Gasteiger partial charge in [0.25, 0.3) is 0 Å². The Kier molecular flexibility index (Phi) is 8.46. The zero-order valence-electron chi connectivity index (χ0n) is 9.25. The van der Waals surface area contributed by atoms with Crippen molar-refractivity contribution in [1.29, 1.82) is 0 Å². The second-order valence-corrected chi connectivity index (χ2v) is 3.61. The van der Waals surface area contributed by atoms with Gasteiger partial charge in [0.1, 0.15) is 0 Å². The van der Waals surface area contributed by atoms with E-state index in [1.54, 1.807) is 0 Å². The Labute approximate surface area is 82.3 Å². The van der Waals surface area contributed by atoms with Crippen molar-refractivity contribution in [2.45, 2.75) is 59.2 Å². The lowest BCUT2D eigenvalue weighted by Crippen LogP contribution is -2.16. The van der Waals surface area contributed by atoms with Crippen molar-refractivity contribution in [1.82, 2.24) is 0 Å². The van der Waals surface area contributed by atoms with Crippen molar-refractivity contribution < 1.29 is 9.84 Å². The third kappa shape index (κ3) is 7.03. The fourth-order valence-electron chi connectivity index (χ4n) is 1.26. The summed E-state index contributed by atoms with van der Waals surface area (Å²) in [7, 11) is 0. The molecule has 0 saturated heterocycles. The van der Waals surface area contributed by atoms with E-state index in [0.717, 1.165) is 6.42 Å². The molecule has 0 spiro atoms. The number of unbranched alkanes of at least 4 members (excludes halogenated alkanes) is 1. The van der Waals surface area contributed by atoms with E-state index >= 15 is 0 Å². The van der Waals surface area contributed by atoms with Gasteiger partial charge in [0.15, 0.2) is 6.29 Å². The first kappa shape index (κ1) is 12.9. The maximum atomic E-state index is 9.21. The molecule has 0 aliphatic carbocycles. The minimum absolute atomic E-state index is 0.560. The van der Waals surface area contributed by atoms with E-state index in [9.17, 15) is 5.11 Å². The number of aliphatic hydroxyl groups excluding tert-OH is 1. The third-order valence-corrected chi connectivity index (χ3v) is 2.42. The highest BCUT2D eigenvalue weighted by atomic mass is 16.6. The molecule has 2 nitrogen and oxygen atoms in total. The first-order valence-electron chi connectivity index (χ1n) is 5.54. The summed E-state index contributed by atoms with van der Waals surface area (Å²) in [5, 5.41) is 9.21. The minimum atomic E-state index is -0.560. The Hall–Kier alpha value is -0.0800. The van der Waals surface area contributed by atoms with Gasteiger partial charge < -0.3 is 9.84 Å². The van der Waals surface area contributed by atoms with Gasteiger partial charge in [-0.25, -0.2) is 0 Å². The van der Waals surface area contributed by atoms with Crippen molar-refractivity contribution in [3.63, 3.8) is 0 Å². The lowest BCUT2D eigenvalue weighted by molar-refractivity contribution is -0.111. The minimum Gasteiger partial charge on any atom is -0.368 e. The molecule has 0 fully saturated rings. The molecule has 0 saturated carbocycles. The van der Waals surface area contributed by atoms with E-state index in [-0.39, 0.29) is 0 Å². The van der Waals surface area contributed by atoms with Crippen LogP contribution in [0, 0.1) is 5.92 Å². The largest absolute Gasteiger partial charge is 0.368 e. The molecule has 0 aromatic heterocycles. The molecule has 0 aliphatic heterocycles. The van der Waals surface area contributed by atoms with Crippen LogP contribution in [0.2, 0.25) is 0 Å². The summed E-state index contributed by atoms with van der Waals surface area (Å²) >= 11 is 0. The predicted molar refractivity (Wildman–Crippen MR) is 55.6 cm³/mol. The zero-order chi connectivity index (χ0) is 10.1. The quantitative estimate of drug-likeness (QED) is 0.593. The summed E-state index contributed by atoms with van der Waals surface area (Å²) < 4.78 is 5.30. The van der Waals surface area contributed by atoms with E-state index in [1.165, 1.54) is 19.3 Å². The fraction of sp³-hybridized carbons (Fsp3) is 1.00. The number of rotatable bonds is 8. The van der Waals surface area contributed by atoms with Crippen LogP contribution in [-0.4, -0.2) is 18.0 Å². The SMILES string of the molecule is CCCCC(CC)COC(O)CC. The lowest BCUT2D eigenvalue weighted by Gasteiger charge is -2.17. The Morgan fingerprint density at radius 2 is 1.85 bits per heavy atom. The molecule has 0 aliphatic rings. The summed E-state index contributed by atoms with van der Waals surface area (Å²) in [4.78, 5) is 0. The number of hydrogen-bond acceptors (Lipinski definition) is 2. The maximum Gasteiger partial charge on any atom is 0.154 e. The Morgan fingerprint density at radius 1 is 1.15 bits per heavy atom. The zero-order valence-corrected chi connectivity index (χ0v) is 9.25. The number of ether oxygens (including phenoxy) is 1. The van der Waals surface area contributed by atoms with Gasteiger partial charge in [0.05, 0.1) is 6.61 Å². The monoisotopic (exact) mass is 188 g/mol. The van der Waals surface area contributed by atoms with E-state index in [2.05, 4.69) is 13.8 Å². The molecule has 80 valence electrons. The first-order chi connectivity index (χ1) is 6.24. The second kappa shape index (κ2) is 8.52. The number of hydrogen-bond donors (Lipinski definition) is 1. The average Bonchev–Trinajstić information content (AvgIpc) is 2.17. The first-order valence-corrected chi connectivity index (χ1v) is 5.54. The molecule has 2 unspecified atom stereocenters. The van der Waals surface area contributed by atoms with Crippen LogP contribution in [0.3, 0.4) is 0 Å². The van der Waals surface area contributed by atoms with Crippen LogP contribution < -0.4 is 0 Å². The molecular weight excluding hydrogens is 164 g/mol. The molecule has 2 heteroatoms. The topological polar surface area (TPSA) is 29.5 Å². The van der Waals surface area contributed by atoms with Crippen molar-refractivity contribution in [3.8, 4) is 0 Å². The third-order valence-electron chi connectivity index (χ3n) is 2.42. The van der Waals surface area contributed by atoms with Crippen LogP contribution in [0.5, 0.6) is 0 Å². The van der Waals surface area contributed by atoms with Gasteiger partial charge in [-0.15, -0.1) is 0 Å². The number of aliphatic hydroxyl groups is 1. The molecule has 0 bridgehead atoms. The molecule has 0 radical (unpaired) electrons. The molecular formula is C11H24O2. The van der Waals surface area contributed by atoms with E-state index in [1.807, 2.05) is 6.92 Å². The highest BCUT2D eigenvalue weighted by Gasteiger charge is 2.08. The Morgan fingerprint density at radius 3 is 2.31 bits per heavy atom. The van der Waals surface area contributed by atoms with Crippen molar-refractivity contribution in [3.05, 3.63) is 0 Å². The standard InChI is InChI=1S/C11H24O2/c1-4-7-8-10(5-2)9-13-11(12)6-3/h10-12H,4-9H2,1-3H3. The van der Waals surface area contributed by atoms with E-state index in [4.69, 9.17) is 4.74 Å². The van der Waals surface area contributed by atoms with Crippen LogP contribution in [0.1, 0.15) is 52.9 Å². The molecule has 0 rings (SSSR count). The molecule has 0 aromatic carbocycles. The highest BCUT2D eigenvalue weighted by molar-refractivity contribution is 4.56. The molecule has 0 heterocycles. The van der Waals surface area contributed by atoms with Gasteiger partial charge in [0.2, 0.25) is 0 Å². The van der Waals surface area contributed by atoms with Crippen molar-refractivity contribution >= 4 is 0 Å². The summed E-state index contributed by atoms with van der Waals surface area (Å²) in [5.41, 5.74) is 0. The summed E-state index contributed by atoms with van der Waals surface area (Å²) in [6.45, 7) is 7.03. The van der Waals surface area contributed by atoms with Crippen LogP contribution in [0.25, 0.3) is 0 Å². The molecule has 1 N–H and O–H groups in total.